The molecule has 0 saturated heterocycles. The third-order valence-electron chi connectivity index (χ3n) is 3.57. The molecule has 2 rings (SSSR count). The number of nitrogens with zero attached hydrogens (tertiary/aromatic N) is 4. The summed E-state index contributed by atoms with van der Waals surface area (Å²) in [6.07, 6.45) is 0. The number of H-pyrrole nitrogens is 1. The number of hydrogen-bond acceptors (Lipinski definition) is 4. The van der Waals surface area contributed by atoms with Crippen LogP contribution in [0.3, 0.4) is 0 Å². The van der Waals surface area contributed by atoms with Gasteiger partial charge in [-0.1, -0.05) is 12.1 Å². The van der Waals surface area contributed by atoms with Crippen molar-refractivity contribution in [1.82, 2.24) is 14.8 Å². The van der Waals surface area contributed by atoms with Gasteiger partial charge in [-0.15, -0.1) is 0 Å². The highest BCUT2D eigenvalue weighted by molar-refractivity contribution is 5.92. The first-order valence-electron chi connectivity index (χ1n) is 7.55. The van der Waals surface area contributed by atoms with Gasteiger partial charge in [0, 0.05) is 19.6 Å². The van der Waals surface area contributed by atoms with Crippen molar-refractivity contribution < 1.29 is 4.79 Å². The van der Waals surface area contributed by atoms with E-state index >= 15 is 0 Å². The third kappa shape index (κ3) is 4.45. The number of likely N-dealkylation sites (N-methyl/N-ethyl adjacent to an activating group) is 1. The van der Waals surface area contributed by atoms with E-state index in [1.165, 1.54) is 0 Å². The molecular weight excluding hydrogens is 302 g/mol. The minimum Gasteiger partial charge on any atom is -0.342 e. The molecule has 6 nitrogen and oxygen atoms in total. The number of nitriles is 2. The molecule has 122 valence electrons. The number of nitrogens with one attached hydrogen (secondary N) is 1. The van der Waals surface area contributed by atoms with Crippen molar-refractivity contribution in [2.24, 2.45) is 0 Å². The summed E-state index contributed by atoms with van der Waals surface area (Å²) < 4.78 is 0. The summed E-state index contributed by atoms with van der Waals surface area (Å²) >= 11 is 0. The smallest absolute Gasteiger partial charge is 0.270 e. The Labute approximate surface area is 141 Å². The number of amides is 1. The lowest BCUT2D eigenvalue weighted by atomic mass is 10.1. The van der Waals surface area contributed by atoms with Crippen LogP contribution in [-0.2, 0) is 6.54 Å². The van der Waals surface area contributed by atoms with Crippen molar-refractivity contribution in [2.45, 2.75) is 6.54 Å². The molecule has 6 heteroatoms. The molecule has 1 aromatic heterocycles. The van der Waals surface area contributed by atoms with Crippen molar-refractivity contribution >= 4 is 5.91 Å². The van der Waals surface area contributed by atoms with Gasteiger partial charge in [0.15, 0.2) is 0 Å². The van der Waals surface area contributed by atoms with E-state index in [1.54, 1.807) is 29.2 Å². The lowest BCUT2D eigenvalue weighted by Crippen LogP contribution is -2.36. The molecule has 0 bridgehead atoms. The first-order valence-corrected chi connectivity index (χ1v) is 7.55. The average Bonchev–Trinajstić information content (AvgIpc) is 3.07. The summed E-state index contributed by atoms with van der Waals surface area (Å²) in [4.78, 5) is 19.3. The zero-order valence-corrected chi connectivity index (χ0v) is 13.8. The van der Waals surface area contributed by atoms with Crippen LogP contribution in [0.4, 0.5) is 0 Å². The zero-order chi connectivity index (χ0) is 17.5. The quantitative estimate of drug-likeness (QED) is 0.881. The van der Waals surface area contributed by atoms with E-state index in [-0.39, 0.29) is 5.91 Å². The Morgan fingerprint density at radius 1 is 1.12 bits per heavy atom. The number of aromatic amines is 1. The highest BCUT2D eigenvalue weighted by Gasteiger charge is 2.18. The minimum atomic E-state index is -0.166. The maximum Gasteiger partial charge on any atom is 0.270 e. The van der Waals surface area contributed by atoms with Gasteiger partial charge in [0.25, 0.3) is 5.91 Å². The Bertz CT molecular complexity index is 794. The number of hydrogen-bond donors (Lipinski definition) is 1. The molecular formula is C18H19N5O. The number of rotatable bonds is 6. The van der Waals surface area contributed by atoms with Crippen molar-refractivity contribution in [3.05, 3.63) is 58.9 Å². The molecule has 1 amide bonds. The second-order valence-corrected chi connectivity index (χ2v) is 5.74. The molecule has 0 aliphatic rings. The average molecular weight is 321 g/mol. The fourth-order valence-corrected chi connectivity index (χ4v) is 2.29. The van der Waals surface area contributed by atoms with Gasteiger partial charge in [0.05, 0.1) is 11.6 Å². The molecule has 0 unspecified atom stereocenters. The zero-order valence-electron chi connectivity index (χ0n) is 13.8. The van der Waals surface area contributed by atoms with E-state index in [9.17, 15) is 4.79 Å². The van der Waals surface area contributed by atoms with E-state index in [2.05, 4.69) is 11.1 Å². The number of benzene rings is 1. The molecule has 0 aliphatic heterocycles. The molecule has 0 radical (unpaired) electrons. The minimum absolute atomic E-state index is 0.166. The Hall–Kier alpha value is -3.09. The Morgan fingerprint density at radius 2 is 1.92 bits per heavy atom. The normalized spacial score (nSPS) is 10.2. The second-order valence-electron chi connectivity index (χ2n) is 5.74. The molecule has 1 heterocycles. The highest BCUT2D eigenvalue weighted by atomic mass is 16.2. The largest absolute Gasteiger partial charge is 0.342 e. The van der Waals surface area contributed by atoms with Crippen molar-refractivity contribution in [3.63, 3.8) is 0 Å². The Balaban J connectivity index is 2.21. The van der Waals surface area contributed by atoms with Gasteiger partial charge in [-0.25, -0.2) is 0 Å². The summed E-state index contributed by atoms with van der Waals surface area (Å²) in [5.74, 6) is -0.166. The van der Waals surface area contributed by atoms with Crippen LogP contribution in [0.5, 0.6) is 0 Å². The van der Waals surface area contributed by atoms with Crippen LogP contribution in [0, 0.1) is 22.7 Å². The monoisotopic (exact) mass is 321 g/mol. The van der Waals surface area contributed by atoms with Crippen molar-refractivity contribution in [1.29, 1.82) is 10.5 Å². The van der Waals surface area contributed by atoms with Crippen LogP contribution in [-0.4, -0.2) is 47.9 Å². The molecule has 1 N–H and O–H groups in total. The molecule has 0 fully saturated rings. The standard InChI is InChI=1S/C18H19N5O/c1-22(2)8-9-23(13-15-5-3-4-14(10-15)11-19)18(24)17-7-6-16(12-20)21-17/h3-7,10,21H,8-9,13H2,1-2H3. The van der Waals surface area contributed by atoms with E-state index in [1.807, 2.05) is 37.2 Å². The highest BCUT2D eigenvalue weighted by Crippen LogP contribution is 2.12. The van der Waals surface area contributed by atoms with Crippen LogP contribution >= 0.6 is 0 Å². The van der Waals surface area contributed by atoms with Gasteiger partial charge < -0.3 is 14.8 Å². The molecule has 1 aromatic carbocycles. The molecule has 0 atom stereocenters. The molecule has 24 heavy (non-hydrogen) atoms. The van der Waals surface area contributed by atoms with Gasteiger partial charge in [-0.2, -0.15) is 10.5 Å². The maximum absolute atomic E-state index is 12.7. The Morgan fingerprint density at radius 3 is 2.54 bits per heavy atom. The SMILES string of the molecule is CN(C)CCN(Cc1cccc(C#N)c1)C(=O)c1ccc(C#N)[nH]1. The number of aromatic nitrogens is 1. The molecule has 2 aromatic rings. The fraction of sp³-hybridized carbons (Fsp3) is 0.278. The molecule has 0 saturated carbocycles. The second kappa shape index (κ2) is 7.96. The number of carbonyl (C=O) groups excluding carboxylic acids is 1. The van der Waals surface area contributed by atoms with Gasteiger partial charge in [-0.3, -0.25) is 4.79 Å². The summed E-state index contributed by atoms with van der Waals surface area (Å²) in [5.41, 5.74) is 2.21. The van der Waals surface area contributed by atoms with Gasteiger partial charge >= 0.3 is 0 Å². The van der Waals surface area contributed by atoms with E-state index in [0.29, 0.717) is 30.0 Å². The summed E-state index contributed by atoms with van der Waals surface area (Å²) in [6, 6.07) is 14.5. The van der Waals surface area contributed by atoms with Crippen LogP contribution < -0.4 is 0 Å². The van der Waals surface area contributed by atoms with Crippen LogP contribution in [0.25, 0.3) is 0 Å². The van der Waals surface area contributed by atoms with E-state index in [0.717, 1.165) is 12.1 Å². The number of carbonyl (C=O) groups is 1. The summed E-state index contributed by atoms with van der Waals surface area (Å²) in [7, 11) is 3.89. The van der Waals surface area contributed by atoms with Crippen LogP contribution in [0.1, 0.15) is 27.3 Å². The predicted octanol–water partition coefficient (Wildman–Crippen LogP) is 1.96. The first kappa shape index (κ1) is 17.3. The van der Waals surface area contributed by atoms with E-state index in [4.69, 9.17) is 10.5 Å². The lowest BCUT2D eigenvalue weighted by molar-refractivity contribution is 0.0726. The lowest BCUT2D eigenvalue weighted by Gasteiger charge is -2.24. The maximum atomic E-state index is 12.7. The Kier molecular flexibility index (Phi) is 5.73. The van der Waals surface area contributed by atoms with Crippen LogP contribution in [0.15, 0.2) is 36.4 Å². The first-order chi connectivity index (χ1) is 11.5. The third-order valence-corrected chi connectivity index (χ3v) is 3.57. The van der Waals surface area contributed by atoms with Crippen molar-refractivity contribution in [3.8, 4) is 12.1 Å². The van der Waals surface area contributed by atoms with Crippen molar-refractivity contribution in [2.75, 3.05) is 27.2 Å². The van der Waals surface area contributed by atoms with Gasteiger partial charge in [-0.05, 0) is 43.9 Å². The van der Waals surface area contributed by atoms with Gasteiger partial charge in [0.1, 0.15) is 17.5 Å². The van der Waals surface area contributed by atoms with Gasteiger partial charge in [0.2, 0.25) is 0 Å². The predicted molar refractivity (Wildman–Crippen MR) is 90.0 cm³/mol. The van der Waals surface area contributed by atoms with Crippen LogP contribution in [0.2, 0.25) is 0 Å². The molecule has 0 spiro atoms. The topological polar surface area (TPSA) is 86.9 Å². The summed E-state index contributed by atoms with van der Waals surface area (Å²) in [5, 5.41) is 17.9. The molecule has 0 aliphatic carbocycles. The van der Waals surface area contributed by atoms with E-state index < -0.39 is 0 Å². The summed E-state index contributed by atoms with van der Waals surface area (Å²) in [6.45, 7) is 1.67. The fourth-order valence-electron chi connectivity index (χ4n) is 2.29.